The zero-order valence-corrected chi connectivity index (χ0v) is 17.8. The molecule has 3 aromatic rings. The van der Waals surface area contributed by atoms with Gasteiger partial charge in [-0.2, -0.15) is 0 Å². The Morgan fingerprint density at radius 3 is 2.32 bits per heavy atom. The van der Waals surface area contributed by atoms with Gasteiger partial charge in [0.05, 0.1) is 6.42 Å². The minimum Gasteiger partial charge on any atom is -0.272 e. The number of amidine groups is 1. The number of rotatable bonds is 4. The molecule has 0 aliphatic carbocycles. The number of nitrogens with zero attached hydrogens (tertiary/aromatic N) is 2. The Kier molecular flexibility index (Phi) is 6.16. The van der Waals surface area contributed by atoms with E-state index in [9.17, 15) is 9.59 Å². The molecule has 0 radical (unpaired) electrons. The maximum absolute atomic E-state index is 13.1. The van der Waals surface area contributed by atoms with Crippen molar-refractivity contribution in [3.05, 3.63) is 111 Å². The summed E-state index contributed by atoms with van der Waals surface area (Å²) in [4.78, 5) is 30.3. The van der Waals surface area contributed by atoms with Crippen LogP contribution in [0.5, 0.6) is 0 Å². The average molecular weight is 450 g/mol. The van der Waals surface area contributed by atoms with Crippen LogP contribution in [0.25, 0.3) is 6.08 Å². The van der Waals surface area contributed by atoms with Crippen LogP contribution in [0.4, 0.5) is 0 Å². The highest BCUT2D eigenvalue weighted by molar-refractivity contribution is 6.32. The van der Waals surface area contributed by atoms with Gasteiger partial charge in [0.25, 0.3) is 11.8 Å². The molecule has 0 bridgehead atoms. The molecule has 31 heavy (non-hydrogen) atoms. The first-order valence-electron chi connectivity index (χ1n) is 9.50. The third kappa shape index (κ3) is 4.85. The highest BCUT2D eigenvalue weighted by Gasteiger charge is 2.29. The lowest BCUT2D eigenvalue weighted by molar-refractivity contribution is -0.135. The van der Waals surface area contributed by atoms with Crippen molar-refractivity contribution in [3.63, 3.8) is 0 Å². The summed E-state index contributed by atoms with van der Waals surface area (Å²) in [6.45, 7) is 0. The van der Waals surface area contributed by atoms with Crippen molar-refractivity contribution >= 4 is 46.9 Å². The summed E-state index contributed by atoms with van der Waals surface area (Å²) in [5, 5.41) is 2.28. The maximum atomic E-state index is 13.1. The zero-order valence-electron chi connectivity index (χ0n) is 16.3. The molecule has 1 aliphatic heterocycles. The van der Waals surface area contributed by atoms with Crippen LogP contribution in [0.15, 0.2) is 89.6 Å². The van der Waals surface area contributed by atoms with Crippen LogP contribution in [0.2, 0.25) is 10.0 Å². The zero-order chi connectivity index (χ0) is 21.8. The summed E-state index contributed by atoms with van der Waals surface area (Å²) in [5.41, 5.74) is 4.94. The lowest BCUT2D eigenvalue weighted by atomic mass is 10.1. The third-order valence-electron chi connectivity index (χ3n) is 4.63. The van der Waals surface area contributed by atoms with Gasteiger partial charge in [0.1, 0.15) is 5.70 Å². The molecule has 154 valence electrons. The third-order valence-corrected chi connectivity index (χ3v) is 5.23. The Labute approximate surface area is 189 Å². The fourth-order valence-electron chi connectivity index (χ4n) is 3.08. The lowest BCUT2D eigenvalue weighted by Gasteiger charge is -2.29. The summed E-state index contributed by atoms with van der Waals surface area (Å²) < 4.78 is 0. The number of hydrogen-bond donors (Lipinski definition) is 1. The first-order chi connectivity index (χ1) is 15.0. The maximum Gasteiger partial charge on any atom is 0.288 e. The molecule has 0 spiro atoms. The van der Waals surface area contributed by atoms with E-state index in [0.717, 1.165) is 5.56 Å². The Morgan fingerprint density at radius 2 is 1.61 bits per heavy atom. The number of carbonyl (C=O) groups is 2. The second kappa shape index (κ2) is 9.16. The molecule has 0 saturated carbocycles. The second-order valence-electron chi connectivity index (χ2n) is 6.83. The molecule has 2 amide bonds. The molecular formula is C24H17Cl2N3O2. The number of halogens is 2. The van der Waals surface area contributed by atoms with Gasteiger partial charge in [-0.05, 0) is 35.4 Å². The number of benzene rings is 3. The van der Waals surface area contributed by atoms with Crippen molar-refractivity contribution in [2.75, 3.05) is 0 Å². The first-order valence-corrected chi connectivity index (χ1v) is 10.3. The predicted molar refractivity (Wildman–Crippen MR) is 123 cm³/mol. The molecule has 1 N–H and O–H groups in total. The van der Waals surface area contributed by atoms with Crippen LogP contribution in [0.1, 0.15) is 16.7 Å². The van der Waals surface area contributed by atoms with Gasteiger partial charge in [-0.15, -0.1) is 0 Å². The summed E-state index contributed by atoms with van der Waals surface area (Å²) in [5.74, 6) is -0.489. The lowest BCUT2D eigenvalue weighted by Crippen LogP contribution is -2.53. The molecule has 7 heteroatoms. The standard InChI is InChI=1S/C24H17Cl2N3O2/c25-19-12-10-16(11-13-19)14-22(30)29-23(17-6-2-1-3-7-17)27-21(24(31)28-29)15-18-8-4-5-9-20(18)26/h1-13,15H,14H2,(H,28,31)/b21-15+. The highest BCUT2D eigenvalue weighted by Crippen LogP contribution is 2.22. The fraction of sp³-hybridized carbons (Fsp3) is 0.0417. The molecule has 0 saturated heterocycles. The Bertz CT molecular complexity index is 1190. The van der Waals surface area contributed by atoms with Crippen LogP contribution in [0, 0.1) is 0 Å². The molecule has 0 aromatic heterocycles. The second-order valence-corrected chi connectivity index (χ2v) is 7.67. The number of hydrazine groups is 1. The molecule has 0 fully saturated rings. The van der Waals surface area contributed by atoms with Gasteiger partial charge in [0, 0.05) is 15.6 Å². The van der Waals surface area contributed by atoms with Crippen molar-refractivity contribution in [1.82, 2.24) is 10.4 Å². The van der Waals surface area contributed by atoms with Crippen LogP contribution in [-0.2, 0) is 16.0 Å². The van der Waals surface area contributed by atoms with E-state index >= 15 is 0 Å². The van der Waals surface area contributed by atoms with Gasteiger partial charge in [0.15, 0.2) is 5.84 Å². The minimum absolute atomic E-state index is 0.0763. The van der Waals surface area contributed by atoms with Crippen molar-refractivity contribution < 1.29 is 9.59 Å². The summed E-state index contributed by atoms with van der Waals surface area (Å²) >= 11 is 12.2. The summed E-state index contributed by atoms with van der Waals surface area (Å²) in [7, 11) is 0. The molecule has 0 atom stereocenters. The van der Waals surface area contributed by atoms with Crippen molar-refractivity contribution in [2.24, 2.45) is 4.99 Å². The quantitative estimate of drug-likeness (QED) is 0.575. The van der Waals surface area contributed by atoms with Gasteiger partial charge in [-0.25, -0.2) is 10.0 Å². The number of carbonyl (C=O) groups excluding carboxylic acids is 2. The van der Waals surface area contributed by atoms with E-state index in [2.05, 4.69) is 10.4 Å². The van der Waals surface area contributed by atoms with Crippen LogP contribution in [0.3, 0.4) is 0 Å². The van der Waals surface area contributed by atoms with E-state index in [1.807, 2.05) is 36.4 Å². The largest absolute Gasteiger partial charge is 0.288 e. The number of amides is 2. The molecule has 4 rings (SSSR count). The van der Waals surface area contributed by atoms with Gasteiger partial charge in [0.2, 0.25) is 0 Å². The number of hydrogen-bond acceptors (Lipinski definition) is 3. The summed E-state index contributed by atoms with van der Waals surface area (Å²) in [6.07, 6.45) is 1.68. The van der Waals surface area contributed by atoms with Gasteiger partial charge >= 0.3 is 0 Å². The number of nitrogens with one attached hydrogen (secondary N) is 1. The smallest absolute Gasteiger partial charge is 0.272 e. The van der Waals surface area contributed by atoms with Crippen molar-refractivity contribution in [1.29, 1.82) is 0 Å². The molecule has 3 aromatic carbocycles. The van der Waals surface area contributed by atoms with E-state index in [1.54, 1.807) is 48.5 Å². The van der Waals surface area contributed by atoms with E-state index in [0.29, 0.717) is 27.0 Å². The molecule has 1 heterocycles. The van der Waals surface area contributed by atoms with Gasteiger partial charge < -0.3 is 0 Å². The Morgan fingerprint density at radius 1 is 0.935 bits per heavy atom. The van der Waals surface area contributed by atoms with E-state index in [4.69, 9.17) is 23.2 Å². The first kappa shape index (κ1) is 20.8. The molecule has 5 nitrogen and oxygen atoms in total. The van der Waals surface area contributed by atoms with E-state index < -0.39 is 5.91 Å². The van der Waals surface area contributed by atoms with Crippen LogP contribution in [-0.4, -0.2) is 22.7 Å². The fourth-order valence-corrected chi connectivity index (χ4v) is 3.40. The average Bonchev–Trinajstić information content (AvgIpc) is 2.78. The number of aliphatic imine (C=N–C) groups is 1. The Hall–Kier alpha value is -3.41. The molecule has 0 unspecified atom stereocenters. The Balaban J connectivity index is 1.72. The SMILES string of the molecule is O=C1NN(C(=O)Cc2ccc(Cl)cc2)C(c2ccccc2)=N/C1=C/c1ccccc1Cl. The van der Waals surface area contributed by atoms with Crippen LogP contribution < -0.4 is 5.43 Å². The molecular weight excluding hydrogens is 433 g/mol. The van der Waals surface area contributed by atoms with Crippen molar-refractivity contribution in [3.8, 4) is 0 Å². The molecule has 1 aliphatic rings. The van der Waals surface area contributed by atoms with Gasteiger partial charge in [-0.3, -0.25) is 15.0 Å². The van der Waals surface area contributed by atoms with Crippen molar-refractivity contribution in [2.45, 2.75) is 6.42 Å². The minimum atomic E-state index is -0.496. The van der Waals surface area contributed by atoms with E-state index in [-0.39, 0.29) is 18.0 Å². The highest BCUT2D eigenvalue weighted by atomic mass is 35.5. The topological polar surface area (TPSA) is 61.8 Å². The van der Waals surface area contributed by atoms with Gasteiger partial charge in [-0.1, -0.05) is 83.9 Å². The predicted octanol–water partition coefficient (Wildman–Crippen LogP) is 4.90. The monoisotopic (exact) mass is 449 g/mol. The normalized spacial score (nSPS) is 14.9. The van der Waals surface area contributed by atoms with Crippen LogP contribution >= 0.6 is 23.2 Å². The van der Waals surface area contributed by atoms with E-state index in [1.165, 1.54) is 5.01 Å². The summed E-state index contributed by atoms with van der Waals surface area (Å²) in [6, 6.07) is 23.3.